The van der Waals surface area contributed by atoms with Crippen LogP contribution in [0.4, 0.5) is 5.69 Å². The minimum atomic E-state index is -0.0130. The van der Waals surface area contributed by atoms with Gasteiger partial charge in [-0.15, -0.1) is 0 Å². The maximum Gasteiger partial charge on any atom is 0.235 e. The molecule has 0 radical (unpaired) electrons. The SMILES string of the molecule is COc1ccccc1N1C(=O)C2(CC2)[C@H]1C. The summed E-state index contributed by atoms with van der Waals surface area (Å²) in [6.45, 7) is 2.13. The molecule has 1 saturated heterocycles. The summed E-state index contributed by atoms with van der Waals surface area (Å²) in [7, 11) is 1.64. The monoisotopic (exact) mass is 217 g/mol. The Morgan fingerprint density at radius 2 is 2.06 bits per heavy atom. The lowest BCUT2D eigenvalue weighted by atomic mass is 9.84. The van der Waals surface area contributed by atoms with Gasteiger partial charge in [-0.05, 0) is 31.9 Å². The summed E-state index contributed by atoms with van der Waals surface area (Å²) in [5, 5.41) is 0. The van der Waals surface area contributed by atoms with Gasteiger partial charge in [0.25, 0.3) is 0 Å². The highest BCUT2D eigenvalue weighted by atomic mass is 16.5. The molecule has 3 heteroatoms. The molecule has 0 bridgehead atoms. The number of para-hydroxylation sites is 2. The van der Waals surface area contributed by atoms with Crippen LogP contribution in [0.15, 0.2) is 24.3 Å². The molecular formula is C13H15NO2. The smallest absolute Gasteiger partial charge is 0.235 e. The topological polar surface area (TPSA) is 29.5 Å². The molecule has 1 saturated carbocycles. The Labute approximate surface area is 95.0 Å². The van der Waals surface area contributed by atoms with E-state index in [9.17, 15) is 4.79 Å². The number of hydrogen-bond donors (Lipinski definition) is 0. The Kier molecular flexibility index (Phi) is 1.82. The molecule has 1 aromatic rings. The third kappa shape index (κ3) is 1.01. The zero-order chi connectivity index (χ0) is 11.3. The van der Waals surface area contributed by atoms with Gasteiger partial charge in [0.15, 0.2) is 0 Å². The molecule has 2 aliphatic rings. The number of β-lactam (4-membered cyclic amide) rings is 1. The fourth-order valence-corrected chi connectivity index (χ4v) is 2.69. The highest BCUT2D eigenvalue weighted by molar-refractivity contribution is 6.08. The third-order valence-electron chi connectivity index (χ3n) is 3.97. The molecule has 1 aliphatic carbocycles. The molecule has 1 spiro atoms. The molecule has 3 rings (SSSR count). The molecule has 84 valence electrons. The number of rotatable bonds is 2. The first-order valence-corrected chi connectivity index (χ1v) is 5.67. The van der Waals surface area contributed by atoms with E-state index in [0.29, 0.717) is 6.04 Å². The van der Waals surface area contributed by atoms with Crippen LogP contribution in [0.1, 0.15) is 19.8 Å². The molecule has 0 N–H and O–H groups in total. The molecule has 1 aliphatic heterocycles. The maximum atomic E-state index is 12.1. The second kappa shape index (κ2) is 3.00. The van der Waals surface area contributed by atoms with Gasteiger partial charge < -0.3 is 9.64 Å². The van der Waals surface area contributed by atoms with Gasteiger partial charge in [0.05, 0.1) is 18.2 Å². The number of amides is 1. The van der Waals surface area contributed by atoms with Crippen molar-refractivity contribution in [3.63, 3.8) is 0 Å². The number of carbonyl (C=O) groups is 1. The molecule has 0 aromatic heterocycles. The van der Waals surface area contributed by atoms with Gasteiger partial charge in [0.2, 0.25) is 5.91 Å². The molecule has 1 amide bonds. The van der Waals surface area contributed by atoms with E-state index in [1.807, 2.05) is 29.2 Å². The predicted molar refractivity (Wildman–Crippen MR) is 61.6 cm³/mol. The van der Waals surface area contributed by atoms with Gasteiger partial charge in [-0.25, -0.2) is 0 Å². The van der Waals surface area contributed by atoms with Crippen molar-refractivity contribution in [2.24, 2.45) is 5.41 Å². The van der Waals surface area contributed by atoms with Crippen LogP contribution in [-0.4, -0.2) is 19.1 Å². The van der Waals surface area contributed by atoms with E-state index in [0.717, 1.165) is 24.3 Å². The number of hydrogen-bond acceptors (Lipinski definition) is 2. The van der Waals surface area contributed by atoms with Crippen LogP contribution in [0.2, 0.25) is 0 Å². The minimum absolute atomic E-state index is 0.0130. The van der Waals surface area contributed by atoms with E-state index < -0.39 is 0 Å². The van der Waals surface area contributed by atoms with Gasteiger partial charge in [-0.1, -0.05) is 12.1 Å². The first-order valence-electron chi connectivity index (χ1n) is 5.67. The Bertz CT molecular complexity index is 451. The second-order valence-corrected chi connectivity index (χ2v) is 4.68. The molecule has 3 nitrogen and oxygen atoms in total. The molecule has 0 unspecified atom stereocenters. The van der Waals surface area contributed by atoms with E-state index >= 15 is 0 Å². The third-order valence-corrected chi connectivity index (χ3v) is 3.97. The van der Waals surface area contributed by atoms with Crippen molar-refractivity contribution in [2.75, 3.05) is 12.0 Å². The van der Waals surface area contributed by atoms with E-state index in [1.54, 1.807) is 7.11 Å². The summed E-state index contributed by atoms with van der Waals surface area (Å²) < 4.78 is 5.29. The van der Waals surface area contributed by atoms with Crippen molar-refractivity contribution in [2.45, 2.75) is 25.8 Å². The fourth-order valence-electron chi connectivity index (χ4n) is 2.69. The van der Waals surface area contributed by atoms with Crippen molar-refractivity contribution in [1.82, 2.24) is 0 Å². The molecule has 1 atom stereocenters. The van der Waals surface area contributed by atoms with Crippen LogP contribution >= 0.6 is 0 Å². The van der Waals surface area contributed by atoms with Crippen LogP contribution in [0.3, 0.4) is 0 Å². The van der Waals surface area contributed by atoms with Crippen molar-refractivity contribution < 1.29 is 9.53 Å². The molecule has 16 heavy (non-hydrogen) atoms. The van der Waals surface area contributed by atoms with Crippen LogP contribution < -0.4 is 9.64 Å². The summed E-state index contributed by atoms with van der Waals surface area (Å²) in [6.07, 6.45) is 2.11. The first-order chi connectivity index (χ1) is 7.70. The number of benzene rings is 1. The maximum absolute atomic E-state index is 12.1. The number of ether oxygens (including phenoxy) is 1. The molecule has 1 aromatic carbocycles. The number of carbonyl (C=O) groups excluding carboxylic acids is 1. The van der Waals surface area contributed by atoms with Crippen molar-refractivity contribution in [3.8, 4) is 5.75 Å². The average Bonchev–Trinajstić information content (AvgIpc) is 3.12. The van der Waals surface area contributed by atoms with E-state index in [4.69, 9.17) is 4.74 Å². The quantitative estimate of drug-likeness (QED) is 0.711. The van der Waals surface area contributed by atoms with Crippen LogP contribution in [-0.2, 0) is 4.79 Å². The minimum Gasteiger partial charge on any atom is -0.495 e. The van der Waals surface area contributed by atoms with Gasteiger partial charge in [0, 0.05) is 6.04 Å². The lowest BCUT2D eigenvalue weighted by Gasteiger charge is -2.46. The zero-order valence-electron chi connectivity index (χ0n) is 9.56. The Morgan fingerprint density at radius 1 is 1.38 bits per heavy atom. The first kappa shape index (κ1) is 9.70. The number of methoxy groups -OCH3 is 1. The molecule has 1 heterocycles. The van der Waals surface area contributed by atoms with Gasteiger partial charge >= 0.3 is 0 Å². The van der Waals surface area contributed by atoms with Crippen molar-refractivity contribution >= 4 is 11.6 Å². The summed E-state index contributed by atoms with van der Waals surface area (Å²) in [5.74, 6) is 1.04. The lowest BCUT2D eigenvalue weighted by molar-refractivity contribution is -0.131. The van der Waals surface area contributed by atoms with Crippen LogP contribution in [0.25, 0.3) is 0 Å². The van der Waals surface area contributed by atoms with E-state index in [2.05, 4.69) is 6.92 Å². The number of nitrogens with zero attached hydrogens (tertiary/aromatic N) is 1. The highest BCUT2D eigenvalue weighted by Crippen LogP contribution is 2.60. The Balaban J connectivity index is 1.96. The van der Waals surface area contributed by atoms with Gasteiger partial charge in [0.1, 0.15) is 5.75 Å². The Hall–Kier alpha value is -1.51. The number of anilines is 1. The van der Waals surface area contributed by atoms with Crippen molar-refractivity contribution in [1.29, 1.82) is 0 Å². The summed E-state index contributed by atoms with van der Waals surface area (Å²) in [5.41, 5.74) is 0.890. The average molecular weight is 217 g/mol. The van der Waals surface area contributed by atoms with Gasteiger partial charge in [-0.3, -0.25) is 4.79 Å². The summed E-state index contributed by atoms with van der Waals surface area (Å²) in [6, 6.07) is 8.02. The van der Waals surface area contributed by atoms with Crippen LogP contribution in [0.5, 0.6) is 5.75 Å². The fraction of sp³-hybridized carbons (Fsp3) is 0.462. The van der Waals surface area contributed by atoms with E-state index in [-0.39, 0.29) is 11.3 Å². The standard InChI is InChI=1S/C13H15NO2/c1-9-13(7-8-13)12(15)14(9)10-5-3-4-6-11(10)16-2/h3-6,9H,7-8H2,1-2H3/t9-/m1/s1. The van der Waals surface area contributed by atoms with Crippen molar-refractivity contribution in [3.05, 3.63) is 24.3 Å². The van der Waals surface area contributed by atoms with Crippen LogP contribution in [0, 0.1) is 5.41 Å². The molecule has 2 fully saturated rings. The lowest BCUT2D eigenvalue weighted by Crippen LogP contribution is -2.61. The second-order valence-electron chi connectivity index (χ2n) is 4.68. The largest absolute Gasteiger partial charge is 0.495 e. The van der Waals surface area contributed by atoms with E-state index in [1.165, 1.54) is 0 Å². The van der Waals surface area contributed by atoms with Gasteiger partial charge in [-0.2, -0.15) is 0 Å². The predicted octanol–water partition coefficient (Wildman–Crippen LogP) is 2.21. The summed E-state index contributed by atoms with van der Waals surface area (Å²) >= 11 is 0. The zero-order valence-corrected chi connectivity index (χ0v) is 9.56. The summed E-state index contributed by atoms with van der Waals surface area (Å²) in [4.78, 5) is 14.0. The Morgan fingerprint density at radius 3 is 2.62 bits per heavy atom. The molecular weight excluding hydrogens is 202 g/mol. The normalized spacial score (nSPS) is 25.5. The highest BCUT2D eigenvalue weighted by Gasteiger charge is 2.66.